The van der Waals surface area contributed by atoms with Crippen molar-refractivity contribution in [2.45, 2.75) is 0 Å². The molecule has 0 amide bonds. The first-order chi connectivity index (χ1) is 13.9. The van der Waals surface area contributed by atoms with E-state index in [-0.39, 0.29) is 22.6 Å². The third-order valence-electron chi connectivity index (χ3n) is 4.67. The van der Waals surface area contributed by atoms with E-state index in [1.807, 2.05) is 0 Å². The van der Waals surface area contributed by atoms with Gasteiger partial charge in [0.25, 0.3) is 0 Å². The maximum Gasteiger partial charge on any atom is 0.168 e. The van der Waals surface area contributed by atoms with Gasteiger partial charge in [-0.3, -0.25) is 0 Å². The first-order valence-electron chi connectivity index (χ1n) is 8.60. The van der Waals surface area contributed by atoms with Gasteiger partial charge in [-0.2, -0.15) is 0 Å². The van der Waals surface area contributed by atoms with Crippen LogP contribution in [0.15, 0.2) is 42.7 Å². The predicted octanol–water partition coefficient (Wildman–Crippen LogP) is 5.50. The van der Waals surface area contributed by atoms with Gasteiger partial charge in [-0.15, -0.1) is 0 Å². The van der Waals surface area contributed by atoms with E-state index in [0.29, 0.717) is 22.2 Å². The third kappa shape index (κ3) is 3.16. The number of hydrogen-bond acceptors (Lipinski definition) is 3. The summed E-state index contributed by atoms with van der Waals surface area (Å²) < 4.78 is 61.3. The van der Waals surface area contributed by atoms with E-state index in [1.54, 1.807) is 6.07 Å². The maximum atomic E-state index is 14.4. The zero-order valence-corrected chi connectivity index (χ0v) is 15.4. The van der Waals surface area contributed by atoms with Crippen LogP contribution in [-0.4, -0.2) is 24.1 Å². The average Bonchev–Trinajstić information content (AvgIpc) is 3.10. The van der Waals surface area contributed by atoms with Crippen molar-refractivity contribution < 1.29 is 22.3 Å². The van der Waals surface area contributed by atoms with Crippen molar-refractivity contribution in [1.82, 2.24) is 9.97 Å². The van der Waals surface area contributed by atoms with Crippen LogP contribution in [0, 0.1) is 23.3 Å². The zero-order chi connectivity index (χ0) is 20.7. The molecule has 4 aromatic rings. The van der Waals surface area contributed by atoms with E-state index >= 15 is 0 Å². The van der Waals surface area contributed by atoms with Crippen LogP contribution in [0.2, 0.25) is 0 Å². The van der Waals surface area contributed by atoms with Crippen LogP contribution in [0.3, 0.4) is 0 Å². The second-order valence-corrected chi connectivity index (χ2v) is 6.35. The molecule has 29 heavy (non-hydrogen) atoms. The molecule has 4 rings (SSSR count). The van der Waals surface area contributed by atoms with Gasteiger partial charge in [0.15, 0.2) is 11.6 Å². The molecule has 2 aromatic carbocycles. The van der Waals surface area contributed by atoms with Crippen molar-refractivity contribution in [2.24, 2.45) is 0 Å². The second-order valence-electron chi connectivity index (χ2n) is 6.35. The topological polar surface area (TPSA) is 49.9 Å². The summed E-state index contributed by atoms with van der Waals surface area (Å²) in [6.07, 6.45) is 2.97. The van der Waals surface area contributed by atoms with Crippen LogP contribution in [0.5, 0.6) is 5.75 Å². The Labute approximate surface area is 163 Å². The van der Waals surface area contributed by atoms with Gasteiger partial charge in [0, 0.05) is 59.2 Å². The van der Waals surface area contributed by atoms with Gasteiger partial charge in [-0.05, 0) is 18.2 Å². The van der Waals surface area contributed by atoms with E-state index < -0.39 is 23.3 Å². The smallest absolute Gasteiger partial charge is 0.168 e. The predicted molar refractivity (Wildman–Crippen MR) is 103 cm³/mol. The normalized spacial score (nSPS) is 11.1. The Hall–Kier alpha value is -3.55. The number of nitrogens with zero attached hydrogens (tertiary/aromatic N) is 1. The van der Waals surface area contributed by atoms with Crippen LogP contribution < -0.4 is 10.1 Å². The van der Waals surface area contributed by atoms with Gasteiger partial charge in [0.1, 0.15) is 23.1 Å². The van der Waals surface area contributed by atoms with E-state index in [2.05, 4.69) is 15.3 Å². The summed E-state index contributed by atoms with van der Waals surface area (Å²) in [6.45, 7) is 0. The lowest BCUT2D eigenvalue weighted by Gasteiger charge is -2.10. The highest BCUT2D eigenvalue weighted by Gasteiger charge is 2.19. The molecule has 0 atom stereocenters. The molecule has 2 aromatic heterocycles. The highest BCUT2D eigenvalue weighted by Crippen LogP contribution is 2.38. The third-order valence-corrected chi connectivity index (χ3v) is 4.67. The van der Waals surface area contributed by atoms with E-state index in [0.717, 1.165) is 18.2 Å². The van der Waals surface area contributed by atoms with Crippen molar-refractivity contribution in [3.63, 3.8) is 0 Å². The Kier molecular flexibility index (Phi) is 4.62. The molecule has 0 bridgehead atoms. The van der Waals surface area contributed by atoms with Gasteiger partial charge < -0.3 is 15.0 Å². The van der Waals surface area contributed by atoms with E-state index in [9.17, 15) is 17.6 Å². The number of benzene rings is 2. The van der Waals surface area contributed by atoms with Crippen LogP contribution in [-0.2, 0) is 0 Å². The summed E-state index contributed by atoms with van der Waals surface area (Å²) in [7, 11) is 2.81. The number of halogens is 4. The molecule has 0 aliphatic rings. The number of aromatic amines is 1. The summed E-state index contributed by atoms with van der Waals surface area (Å²) >= 11 is 0. The minimum absolute atomic E-state index is 0.122. The van der Waals surface area contributed by atoms with Crippen molar-refractivity contribution in [3.05, 3.63) is 66.0 Å². The number of rotatable bonds is 4. The van der Waals surface area contributed by atoms with Crippen molar-refractivity contribution >= 4 is 16.7 Å². The largest absolute Gasteiger partial charge is 0.493 e. The van der Waals surface area contributed by atoms with Crippen LogP contribution in [0.1, 0.15) is 0 Å². The summed E-state index contributed by atoms with van der Waals surface area (Å²) in [6, 6.07) is 5.62. The minimum atomic E-state index is -0.843. The molecule has 0 spiro atoms. The first-order valence-corrected chi connectivity index (χ1v) is 8.60. The van der Waals surface area contributed by atoms with Crippen molar-refractivity contribution in [1.29, 1.82) is 0 Å². The first kappa shape index (κ1) is 18.8. The number of hydrogen-bond donors (Lipinski definition) is 2. The molecule has 0 saturated carbocycles. The Morgan fingerprint density at radius 1 is 0.897 bits per heavy atom. The average molecular weight is 401 g/mol. The zero-order valence-electron chi connectivity index (χ0n) is 15.4. The molecule has 0 aliphatic carbocycles. The molecule has 0 saturated heterocycles. The highest BCUT2D eigenvalue weighted by molar-refractivity contribution is 5.97. The Balaban J connectivity index is 1.94. The molecule has 148 valence electrons. The lowest BCUT2D eigenvalue weighted by molar-refractivity contribution is 0.386. The van der Waals surface area contributed by atoms with Crippen LogP contribution in [0.25, 0.3) is 33.3 Å². The Bertz CT molecular complexity index is 1240. The number of methoxy groups -OCH3 is 1. The van der Waals surface area contributed by atoms with Gasteiger partial charge in [0.05, 0.1) is 12.8 Å². The molecule has 2 heterocycles. The lowest BCUT2D eigenvalue weighted by Crippen LogP contribution is -1.96. The van der Waals surface area contributed by atoms with Crippen LogP contribution >= 0.6 is 0 Å². The molecule has 0 unspecified atom stereocenters. The number of aromatic nitrogens is 2. The van der Waals surface area contributed by atoms with Gasteiger partial charge in [0.2, 0.25) is 0 Å². The highest BCUT2D eigenvalue weighted by atomic mass is 19.1. The molecular formula is C21H15F4N3O. The second kappa shape index (κ2) is 7.12. The molecule has 4 nitrogen and oxygen atoms in total. The van der Waals surface area contributed by atoms with Gasteiger partial charge in [-0.1, -0.05) is 0 Å². The van der Waals surface area contributed by atoms with Gasteiger partial charge >= 0.3 is 0 Å². The fourth-order valence-corrected chi connectivity index (χ4v) is 3.30. The van der Waals surface area contributed by atoms with Crippen molar-refractivity contribution in [3.8, 4) is 28.0 Å². The quantitative estimate of drug-likeness (QED) is 0.444. The van der Waals surface area contributed by atoms with Gasteiger partial charge in [-0.25, -0.2) is 22.5 Å². The van der Waals surface area contributed by atoms with Crippen LogP contribution in [0.4, 0.5) is 23.2 Å². The molecule has 0 radical (unpaired) electrons. The van der Waals surface area contributed by atoms with E-state index in [4.69, 9.17) is 4.74 Å². The number of nitrogens with one attached hydrogen (secondary N) is 2. The Morgan fingerprint density at radius 2 is 1.69 bits per heavy atom. The SMILES string of the molecule is CNc1cc(-c2cnc3[nH]cc(-c4cc(F)cc(F)c4OC)c3c2)c(F)cc1F. The monoisotopic (exact) mass is 401 g/mol. The number of H-pyrrole nitrogens is 1. The molecule has 8 heteroatoms. The van der Waals surface area contributed by atoms with E-state index in [1.165, 1.54) is 32.6 Å². The molecular weight excluding hydrogens is 386 g/mol. The summed E-state index contributed by atoms with van der Waals surface area (Å²) in [5.74, 6) is -3.20. The fourth-order valence-electron chi connectivity index (χ4n) is 3.30. The summed E-state index contributed by atoms with van der Waals surface area (Å²) in [5, 5.41) is 3.16. The maximum absolute atomic E-state index is 14.4. The fraction of sp³-hybridized carbons (Fsp3) is 0.0952. The minimum Gasteiger partial charge on any atom is -0.493 e. The summed E-state index contributed by atoms with van der Waals surface area (Å²) in [5.41, 5.74) is 1.70. The lowest BCUT2D eigenvalue weighted by atomic mass is 10.0. The molecule has 2 N–H and O–H groups in total. The molecule has 0 fully saturated rings. The number of pyridine rings is 1. The number of fused-ring (bicyclic) bond motifs is 1. The van der Waals surface area contributed by atoms with Crippen molar-refractivity contribution in [2.75, 3.05) is 19.5 Å². The molecule has 0 aliphatic heterocycles. The standard InChI is InChI=1S/C21H15F4N3O/c1-26-19-6-12(16(23)7-17(19)24)10-3-14-15(9-28-21(14)27-8-10)13-4-11(22)5-18(25)20(13)29-2/h3-9,26H,1-2H3,(H,27,28). The number of anilines is 1. The number of ether oxygens (including phenoxy) is 1. The summed E-state index contributed by atoms with van der Waals surface area (Å²) in [4.78, 5) is 7.18. The Morgan fingerprint density at radius 3 is 2.41 bits per heavy atom.